The molecule has 0 saturated carbocycles. The Balaban J connectivity index is 1.93. The van der Waals surface area contributed by atoms with E-state index in [1.807, 2.05) is 61.5 Å². The first-order valence-electron chi connectivity index (χ1n) is 8.99. The number of aryl methyl sites for hydroxylation is 1. The molecule has 0 fully saturated rings. The standard InChI is InChI=1S/C24H19NO3/c1-16-8-7-10-18(14-16)25-23(26)20-12-5-4-11-19(20)21(24(25)27)15-17-9-3-6-13-22(17)28-2/h3-15H,1-2H3/b21-15-. The summed E-state index contributed by atoms with van der Waals surface area (Å²) in [6.45, 7) is 1.93. The lowest BCUT2D eigenvalue weighted by Crippen LogP contribution is -2.41. The number of ether oxygens (including phenoxy) is 1. The number of anilines is 1. The van der Waals surface area contributed by atoms with E-state index in [9.17, 15) is 9.59 Å². The fourth-order valence-electron chi connectivity index (χ4n) is 3.44. The van der Waals surface area contributed by atoms with Crippen LogP contribution in [-0.4, -0.2) is 18.9 Å². The Morgan fingerprint density at radius 1 is 0.821 bits per heavy atom. The second-order valence-corrected chi connectivity index (χ2v) is 6.63. The second kappa shape index (κ2) is 7.16. The van der Waals surface area contributed by atoms with Gasteiger partial charge in [-0.05, 0) is 48.4 Å². The van der Waals surface area contributed by atoms with Crippen molar-refractivity contribution in [1.29, 1.82) is 0 Å². The molecule has 1 aliphatic rings. The highest BCUT2D eigenvalue weighted by Crippen LogP contribution is 2.34. The van der Waals surface area contributed by atoms with E-state index in [0.29, 0.717) is 28.1 Å². The highest BCUT2D eigenvalue weighted by Gasteiger charge is 2.35. The zero-order valence-electron chi connectivity index (χ0n) is 15.7. The van der Waals surface area contributed by atoms with Crippen LogP contribution in [0.4, 0.5) is 5.69 Å². The number of carbonyl (C=O) groups is 2. The Morgan fingerprint density at radius 2 is 1.54 bits per heavy atom. The van der Waals surface area contributed by atoms with Gasteiger partial charge in [0.25, 0.3) is 11.8 Å². The lowest BCUT2D eigenvalue weighted by atomic mass is 9.91. The zero-order chi connectivity index (χ0) is 19.7. The third-order valence-corrected chi connectivity index (χ3v) is 4.78. The quantitative estimate of drug-likeness (QED) is 0.495. The van der Waals surface area contributed by atoms with E-state index >= 15 is 0 Å². The Morgan fingerprint density at radius 3 is 2.29 bits per heavy atom. The van der Waals surface area contributed by atoms with E-state index in [1.165, 1.54) is 4.90 Å². The largest absolute Gasteiger partial charge is 0.496 e. The summed E-state index contributed by atoms with van der Waals surface area (Å²) in [5.41, 5.74) is 3.92. The molecule has 1 heterocycles. The van der Waals surface area contributed by atoms with E-state index < -0.39 is 0 Å². The fourth-order valence-corrected chi connectivity index (χ4v) is 3.44. The van der Waals surface area contributed by atoms with Gasteiger partial charge in [-0.2, -0.15) is 0 Å². The van der Waals surface area contributed by atoms with E-state index in [4.69, 9.17) is 4.74 Å². The summed E-state index contributed by atoms with van der Waals surface area (Å²) in [6.07, 6.45) is 1.79. The summed E-state index contributed by atoms with van der Waals surface area (Å²) in [4.78, 5) is 27.8. The number of hydrogen-bond donors (Lipinski definition) is 0. The molecule has 0 spiro atoms. The number of amides is 2. The number of nitrogens with zero attached hydrogens (tertiary/aromatic N) is 1. The van der Waals surface area contributed by atoms with Crippen LogP contribution in [0, 0.1) is 6.92 Å². The highest BCUT2D eigenvalue weighted by molar-refractivity contribution is 6.43. The van der Waals surface area contributed by atoms with Crippen molar-refractivity contribution in [1.82, 2.24) is 0 Å². The first kappa shape index (κ1) is 17.7. The van der Waals surface area contributed by atoms with Gasteiger partial charge >= 0.3 is 0 Å². The smallest absolute Gasteiger partial charge is 0.265 e. The van der Waals surface area contributed by atoms with Gasteiger partial charge in [-0.15, -0.1) is 0 Å². The minimum Gasteiger partial charge on any atom is -0.496 e. The van der Waals surface area contributed by atoms with Crippen molar-refractivity contribution in [3.05, 3.63) is 95.1 Å². The molecule has 1 aliphatic heterocycles. The van der Waals surface area contributed by atoms with Crippen molar-refractivity contribution < 1.29 is 14.3 Å². The molecule has 0 aromatic heterocycles. The Hall–Kier alpha value is -3.66. The summed E-state index contributed by atoms with van der Waals surface area (Å²) in [7, 11) is 1.59. The third-order valence-electron chi connectivity index (χ3n) is 4.78. The number of imide groups is 1. The molecule has 4 heteroatoms. The molecule has 2 amide bonds. The SMILES string of the molecule is COc1ccccc1/C=C1\C(=O)N(c2cccc(C)c2)C(=O)c2ccccc21. The number of fused-ring (bicyclic) bond motifs is 1. The third kappa shape index (κ3) is 2.99. The number of hydrogen-bond acceptors (Lipinski definition) is 3. The number of para-hydroxylation sites is 1. The molecule has 0 atom stereocenters. The topological polar surface area (TPSA) is 46.6 Å². The summed E-state index contributed by atoms with van der Waals surface area (Å²) >= 11 is 0. The lowest BCUT2D eigenvalue weighted by Gasteiger charge is -2.29. The summed E-state index contributed by atoms with van der Waals surface area (Å²) in [5, 5.41) is 0. The van der Waals surface area contributed by atoms with Crippen LogP contribution in [0.15, 0.2) is 72.8 Å². The van der Waals surface area contributed by atoms with Crippen molar-refractivity contribution in [3.63, 3.8) is 0 Å². The molecule has 0 aliphatic carbocycles. The minimum atomic E-state index is -0.347. The molecular formula is C24H19NO3. The minimum absolute atomic E-state index is 0.316. The van der Waals surface area contributed by atoms with Gasteiger partial charge in [0.05, 0.1) is 12.8 Å². The van der Waals surface area contributed by atoms with Gasteiger partial charge in [0.1, 0.15) is 5.75 Å². The van der Waals surface area contributed by atoms with E-state index in [0.717, 1.165) is 11.1 Å². The number of methoxy groups -OCH3 is 1. The molecule has 4 nitrogen and oxygen atoms in total. The Kier molecular flexibility index (Phi) is 4.53. The molecule has 0 bridgehead atoms. The maximum Gasteiger partial charge on any atom is 0.265 e. The fraction of sp³-hybridized carbons (Fsp3) is 0.0833. The molecule has 4 rings (SSSR count). The van der Waals surface area contributed by atoms with Crippen LogP contribution >= 0.6 is 0 Å². The van der Waals surface area contributed by atoms with Crippen LogP contribution in [0.2, 0.25) is 0 Å². The summed E-state index contributed by atoms with van der Waals surface area (Å²) in [5.74, 6) is 0.00266. The summed E-state index contributed by atoms with van der Waals surface area (Å²) in [6, 6.07) is 22.1. The van der Waals surface area contributed by atoms with Crippen LogP contribution in [0.25, 0.3) is 11.6 Å². The van der Waals surface area contributed by atoms with Gasteiger partial charge in [0.15, 0.2) is 0 Å². The lowest BCUT2D eigenvalue weighted by molar-refractivity contribution is -0.112. The predicted molar refractivity (Wildman–Crippen MR) is 110 cm³/mol. The van der Waals surface area contributed by atoms with E-state index in [-0.39, 0.29) is 11.8 Å². The molecular weight excluding hydrogens is 350 g/mol. The molecule has 0 saturated heterocycles. The van der Waals surface area contributed by atoms with Crippen molar-refractivity contribution in [2.24, 2.45) is 0 Å². The van der Waals surface area contributed by atoms with Gasteiger partial charge in [-0.1, -0.05) is 48.5 Å². The molecule has 3 aromatic rings. The predicted octanol–water partition coefficient (Wildman–Crippen LogP) is 4.73. The monoisotopic (exact) mass is 369 g/mol. The molecule has 28 heavy (non-hydrogen) atoms. The van der Waals surface area contributed by atoms with Gasteiger partial charge in [0.2, 0.25) is 0 Å². The zero-order valence-corrected chi connectivity index (χ0v) is 15.7. The van der Waals surface area contributed by atoms with Crippen LogP contribution in [0.5, 0.6) is 5.75 Å². The number of carbonyl (C=O) groups excluding carboxylic acids is 2. The first-order chi connectivity index (χ1) is 13.6. The normalized spacial score (nSPS) is 14.9. The number of rotatable bonds is 3. The Bertz CT molecular complexity index is 1110. The molecule has 0 radical (unpaired) electrons. The van der Waals surface area contributed by atoms with Crippen molar-refractivity contribution in [2.75, 3.05) is 12.0 Å². The highest BCUT2D eigenvalue weighted by atomic mass is 16.5. The average molecular weight is 369 g/mol. The van der Waals surface area contributed by atoms with Crippen LogP contribution in [0.3, 0.4) is 0 Å². The summed E-state index contributed by atoms with van der Waals surface area (Å²) < 4.78 is 5.42. The molecule has 138 valence electrons. The van der Waals surface area contributed by atoms with Gasteiger partial charge in [-0.3, -0.25) is 9.59 Å². The Labute approximate surface area is 163 Å². The van der Waals surface area contributed by atoms with E-state index in [2.05, 4.69) is 0 Å². The van der Waals surface area contributed by atoms with E-state index in [1.54, 1.807) is 31.4 Å². The molecule has 3 aromatic carbocycles. The van der Waals surface area contributed by atoms with Gasteiger partial charge in [0, 0.05) is 16.7 Å². The maximum absolute atomic E-state index is 13.4. The molecule has 0 unspecified atom stereocenters. The van der Waals surface area contributed by atoms with Crippen LogP contribution < -0.4 is 9.64 Å². The second-order valence-electron chi connectivity index (χ2n) is 6.63. The van der Waals surface area contributed by atoms with Crippen molar-refractivity contribution in [3.8, 4) is 5.75 Å². The van der Waals surface area contributed by atoms with Crippen molar-refractivity contribution >= 4 is 29.2 Å². The van der Waals surface area contributed by atoms with Crippen LogP contribution in [0.1, 0.15) is 27.0 Å². The molecule has 0 N–H and O–H groups in total. The van der Waals surface area contributed by atoms with Gasteiger partial charge < -0.3 is 4.74 Å². The average Bonchev–Trinajstić information content (AvgIpc) is 2.71. The van der Waals surface area contributed by atoms with Crippen LogP contribution in [-0.2, 0) is 4.79 Å². The van der Waals surface area contributed by atoms with Gasteiger partial charge in [-0.25, -0.2) is 4.90 Å². The first-order valence-corrected chi connectivity index (χ1v) is 8.99. The van der Waals surface area contributed by atoms with Crippen molar-refractivity contribution in [2.45, 2.75) is 6.92 Å². The number of benzene rings is 3. The maximum atomic E-state index is 13.4.